The van der Waals surface area contributed by atoms with E-state index in [-0.39, 0.29) is 0 Å². The van der Waals surface area contributed by atoms with Crippen LogP contribution in [0.5, 0.6) is 0 Å². The fourth-order valence-corrected chi connectivity index (χ4v) is 2.46. The van der Waals surface area contributed by atoms with Crippen LogP contribution in [0, 0.1) is 6.92 Å². The molecule has 0 bridgehead atoms. The lowest BCUT2D eigenvalue weighted by molar-refractivity contribution is 1.12. The largest absolute Gasteiger partial charge is 0.341 e. The standard InChI is InChI=1S/C9H11Cl3Si/c1-8-2-4-9(5-3-8)6-7-13(10,11)12/h2-5H,6-7H2,1H3. The van der Waals surface area contributed by atoms with Crippen molar-refractivity contribution in [3.63, 3.8) is 0 Å². The van der Waals surface area contributed by atoms with E-state index in [2.05, 4.69) is 31.2 Å². The zero-order chi connectivity index (χ0) is 9.90. The first-order chi connectivity index (χ1) is 5.97. The Morgan fingerprint density at radius 3 is 2.08 bits per heavy atom. The molecule has 0 amide bonds. The third-order valence-corrected chi connectivity index (χ3v) is 4.34. The fourth-order valence-electron chi connectivity index (χ4n) is 1.04. The molecule has 0 nitrogen and oxygen atoms in total. The molecule has 0 unspecified atom stereocenters. The maximum atomic E-state index is 5.78. The fraction of sp³-hybridized carbons (Fsp3) is 0.333. The van der Waals surface area contributed by atoms with Crippen LogP contribution in [0.3, 0.4) is 0 Å². The van der Waals surface area contributed by atoms with Crippen molar-refractivity contribution >= 4 is 39.2 Å². The molecule has 0 aliphatic carbocycles. The second-order valence-electron chi connectivity index (χ2n) is 3.10. The Morgan fingerprint density at radius 2 is 1.62 bits per heavy atom. The van der Waals surface area contributed by atoms with Crippen molar-refractivity contribution in [2.75, 3.05) is 0 Å². The van der Waals surface area contributed by atoms with Gasteiger partial charge in [0.25, 0.3) is 0 Å². The molecule has 0 aliphatic rings. The molecule has 1 rings (SSSR count). The summed E-state index contributed by atoms with van der Waals surface area (Å²) in [5.74, 6) is 0. The van der Waals surface area contributed by atoms with Gasteiger partial charge in [-0.15, -0.1) is 33.2 Å². The number of hydrogen-bond acceptors (Lipinski definition) is 0. The number of rotatable bonds is 3. The summed E-state index contributed by atoms with van der Waals surface area (Å²) in [7, 11) is 0. The van der Waals surface area contributed by atoms with Gasteiger partial charge in [0.1, 0.15) is 0 Å². The molecule has 0 spiro atoms. The topological polar surface area (TPSA) is 0 Å². The summed E-state index contributed by atoms with van der Waals surface area (Å²) in [5, 5.41) is 0. The first-order valence-electron chi connectivity index (χ1n) is 4.10. The smallest absolute Gasteiger partial charge is 0.126 e. The minimum atomic E-state index is -2.44. The van der Waals surface area contributed by atoms with Gasteiger partial charge in [-0.05, 0) is 25.0 Å². The average Bonchev–Trinajstić information content (AvgIpc) is 2.02. The number of aryl methyl sites for hydroxylation is 2. The minimum absolute atomic E-state index is 0.695. The normalized spacial score (nSPS) is 11.7. The van der Waals surface area contributed by atoms with E-state index in [4.69, 9.17) is 33.2 Å². The Labute approximate surface area is 93.9 Å². The second kappa shape index (κ2) is 4.69. The Bertz CT molecular complexity index is 263. The van der Waals surface area contributed by atoms with Gasteiger partial charge in [-0.3, -0.25) is 0 Å². The predicted octanol–water partition coefficient (Wildman–Crippen LogP) is 4.19. The van der Waals surface area contributed by atoms with E-state index in [1.54, 1.807) is 0 Å². The molecule has 72 valence electrons. The van der Waals surface area contributed by atoms with Gasteiger partial charge in [0.05, 0.1) is 0 Å². The van der Waals surface area contributed by atoms with Crippen LogP contribution in [0.4, 0.5) is 0 Å². The Balaban J connectivity index is 2.51. The van der Waals surface area contributed by atoms with E-state index in [1.165, 1.54) is 11.1 Å². The summed E-state index contributed by atoms with van der Waals surface area (Å²) < 4.78 is 0. The predicted molar refractivity (Wildman–Crippen MR) is 63.0 cm³/mol. The van der Waals surface area contributed by atoms with Crippen molar-refractivity contribution in [2.45, 2.75) is 19.4 Å². The summed E-state index contributed by atoms with van der Waals surface area (Å²) in [6.07, 6.45) is 0.864. The summed E-state index contributed by atoms with van der Waals surface area (Å²) in [6.45, 7) is 2.06. The molecule has 0 saturated carbocycles. The molecular weight excluding hydrogens is 243 g/mol. The van der Waals surface area contributed by atoms with Crippen LogP contribution in [-0.2, 0) is 6.42 Å². The maximum absolute atomic E-state index is 5.78. The summed E-state index contributed by atoms with van der Waals surface area (Å²) in [4.78, 5) is 0. The van der Waals surface area contributed by atoms with Gasteiger partial charge >= 0.3 is 6.00 Å². The van der Waals surface area contributed by atoms with Crippen molar-refractivity contribution in [3.05, 3.63) is 35.4 Å². The van der Waals surface area contributed by atoms with E-state index in [1.807, 2.05) is 0 Å². The molecular formula is C9H11Cl3Si. The molecule has 4 heteroatoms. The van der Waals surface area contributed by atoms with E-state index in [0.29, 0.717) is 6.04 Å². The number of benzene rings is 1. The maximum Gasteiger partial charge on any atom is 0.341 e. The average molecular weight is 254 g/mol. The summed E-state index contributed by atoms with van der Waals surface area (Å²) in [5.41, 5.74) is 2.50. The van der Waals surface area contributed by atoms with Crippen molar-refractivity contribution in [3.8, 4) is 0 Å². The summed E-state index contributed by atoms with van der Waals surface area (Å²) >= 11 is 17.4. The minimum Gasteiger partial charge on any atom is -0.126 e. The molecule has 1 aromatic carbocycles. The molecule has 0 N–H and O–H groups in total. The molecule has 0 radical (unpaired) electrons. The highest BCUT2D eigenvalue weighted by Gasteiger charge is 2.23. The SMILES string of the molecule is Cc1ccc(CC[Si](Cl)(Cl)Cl)cc1. The van der Waals surface area contributed by atoms with Gasteiger partial charge in [-0.1, -0.05) is 29.8 Å². The van der Waals surface area contributed by atoms with Gasteiger partial charge in [0.2, 0.25) is 0 Å². The van der Waals surface area contributed by atoms with Gasteiger partial charge in [-0.25, -0.2) is 0 Å². The lowest BCUT2D eigenvalue weighted by Crippen LogP contribution is -2.09. The van der Waals surface area contributed by atoms with Crippen LogP contribution >= 0.6 is 33.2 Å². The van der Waals surface area contributed by atoms with Crippen LogP contribution in [-0.4, -0.2) is 6.00 Å². The van der Waals surface area contributed by atoms with Gasteiger partial charge in [0, 0.05) is 0 Å². The third-order valence-electron chi connectivity index (χ3n) is 1.82. The van der Waals surface area contributed by atoms with E-state index >= 15 is 0 Å². The highest BCUT2D eigenvalue weighted by molar-refractivity contribution is 7.64. The quantitative estimate of drug-likeness (QED) is 0.560. The van der Waals surface area contributed by atoms with Crippen LogP contribution < -0.4 is 0 Å². The van der Waals surface area contributed by atoms with Crippen molar-refractivity contribution in [1.82, 2.24) is 0 Å². The van der Waals surface area contributed by atoms with E-state index in [0.717, 1.165) is 6.42 Å². The second-order valence-corrected chi connectivity index (χ2v) is 12.4. The zero-order valence-corrected chi connectivity index (χ0v) is 10.6. The molecule has 0 atom stereocenters. The Kier molecular flexibility index (Phi) is 4.11. The Hall–Kier alpha value is 0.307. The van der Waals surface area contributed by atoms with Gasteiger partial charge < -0.3 is 0 Å². The van der Waals surface area contributed by atoms with Crippen molar-refractivity contribution < 1.29 is 0 Å². The van der Waals surface area contributed by atoms with Crippen LogP contribution in [0.1, 0.15) is 11.1 Å². The van der Waals surface area contributed by atoms with E-state index in [9.17, 15) is 0 Å². The summed E-state index contributed by atoms with van der Waals surface area (Å²) in [6, 6.07) is 6.58. The van der Waals surface area contributed by atoms with Crippen molar-refractivity contribution in [2.24, 2.45) is 0 Å². The van der Waals surface area contributed by atoms with Crippen molar-refractivity contribution in [1.29, 1.82) is 0 Å². The number of hydrogen-bond donors (Lipinski definition) is 0. The highest BCUT2D eigenvalue weighted by Crippen LogP contribution is 2.26. The molecule has 0 heterocycles. The van der Waals surface area contributed by atoms with Gasteiger partial charge in [0.15, 0.2) is 0 Å². The first kappa shape index (κ1) is 11.4. The van der Waals surface area contributed by atoms with Gasteiger partial charge in [-0.2, -0.15) is 0 Å². The lowest BCUT2D eigenvalue weighted by atomic mass is 10.1. The van der Waals surface area contributed by atoms with Crippen LogP contribution in [0.2, 0.25) is 6.04 Å². The van der Waals surface area contributed by atoms with Crippen LogP contribution in [0.25, 0.3) is 0 Å². The molecule has 1 aromatic rings. The highest BCUT2D eigenvalue weighted by atomic mass is 35.8. The molecule has 0 aliphatic heterocycles. The molecule has 0 saturated heterocycles. The number of halogens is 3. The monoisotopic (exact) mass is 252 g/mol. The third kappa shape index (κ3) is 4.92. The zero-order valence-electron chi connectivity index (χ0n) is 7.36. The molecule has 0 aromatic heterocycles. The first-order valence-corrected chi connectivity index (χ1v) is 9.34. The lowest BCUT2D eigenvalue weighted by Gasteiger charge is -2.07. The molecule has 0 fully saturated rings. The molecule has 13 heavy (non-hydrogen) atoms. The van der Waals surface area contributed by atoms with Crippen LogP contribution in [0.15, 0.2) is 24.3 Å². The van der Waals surface area contributed by atoms with E-state index < -0.39 is 6.00 Å². The Morgan fingerprint density at radius 1 is 1.08 bits per heavy atom.